The van der Waals surface area contributed by atoms with Crippen LogP contribution in [0.15, 0.2) is 30.6 Å². The van der Waals surface area contributed by atoms with Gasteiger partial charge in [0.25, 0.3) is 0 Å². The third kappa shape index (κ3) is 4.03. The van der Waals surface area contributed by atoms with Crippen LogP contribution >= 0.6 is 0 Å². The van der Waals surface area contributed by atoms with Crippen molar-refractivity contribution in [3.05, 3.63) is 53.1 Å². The van der Waals surface area contributed by atoms with E-state index in [9.17, 15) is 14.0 Å². The fourth-order valence-electron chi connectivity index (χ4n) is 4.34. The number of ether oxygens (including phenoxy) is 2. The molecule has 7 nitrogen and oxygen atoms in total. The van der Waals surface area contributed by atoms with E-state index in [2.05, 4.69) is 26.3 Å². The summed E-state index contributed by atoms with van der Waals surface area (Å²) in [5, 5.41) is 13.7. The maximum atomic E-state index is 14.9. The monoisotopic (exact) mass is 465 g/mol. The number of hydrogen-bond donors (Lipinski definition) is 1. The molecule has 0 radical (unpaired) electrons. The largest absolute Gasteiger partial charge is 0.472 e. The smallest absolute Gasteiger partial charge is 0.220 e. The lowest BCUT2D eigenvalue weighted by Crippen LogP contribution is -2.19. The number of halogens is 2. The molecule has 9 heteroatoms. The molecule has 176 valence electrons. The minimum atomic E-state index is -1.41. The summed E-state index contributed by atoms with van der Waals surface area (Å²) in [6.45, 7) is 4.20. The predicted molar refractivity (Wildman–Crippen MR) is 122 cm³/mol. The summed E-state index contributed by atoms with van der Waals surface area (Å²) >= 11 is 0. The van der Waals surface area contributed by atoms with E-state index in [1.807, 2.05) is 6.07 Å². The summed E-state index contributed by atoms with van der Waals surface area (Å²) in [6.07, 6.45) is 2.05. The quantitative estimate of drug-likeness (QED) is 0.519. The van der Waals surface area contributed by atoms with E-state index in [0.717, 1.165) is 19.3 Å². The first-order chi connectivity index (χ1) is 16.4. The molecule has 1 saturated carbocycles. The highest BCUT2D eigenvalue weighted by Gasteiger charge is 2.48. The van der Waals surface area contributed by atoms with Gasteiger partial charge in [0, 0.05) is 23.1 Å². The molecule has 0 spiro atoms. The number of rotatable bonds is 7. The Labute approximate surface area is 196 Å². The maximum Gasteiger partial charge on any atom is 0.220 e. The highest BCUT2D eigenvalue weighted by atomic mass is 19.1. The van der Waals surface area contributed by atoms with Gasteiger partial charge < -0.3 is 14.8 Å². The van der Waals surface area contributed by atoms with Gasteiger partial charge in [-0.25, -0.2) is 18.7 Å². The molecule has 1 saturated heterocycles. The van der Waals surface area contributed by atoms with Crippen LogP contribution in [0, 0.1) is 17.1 Å². The molecule has 3 aromatic rings. The van der Waals surface area contributed by atoms with Crippen molar-refractivity contribution in [3.8, 4) is 11.9 Å². The summed E-state index contributed by atoms with van der Waals surface area (Å²) in [5.41, 5.74) is 0.817. The fourth-order valence-corrected chi connectivity index (χ4v) is 4.34. The second-order valence-corrected chi connectivity index (χ2v) is 8.96. The Morgan fingerprint density at radius 2 is 2.06 bits per heavy atom. The number of nitrogens with one attached hydrogen (secondary N) is 1. The molecule has 2 fully saturated rings. The first-order valence-corrected chi connectivity index (χ1v) is 11.4. The SMILES string of the molecule is CC(F)c1cccc([C@@H](C)Nc2ncnc3nc(O[C@@H]4CCOC4)c(C4(C#N)CC4)cc23)c1F. The zero-order valence-electron chi connectivity index (χ0n) is 19.0. The molecule has 1 aromatic carbocycles. The topological polar surface area (TPSA) is 93.0 Å². The van der Waals surface area contributed by atoms with Crippen molar-refractivity contribution in [2.45, 2.75) is 56.8 Å². The van der Waals surface area contributed by atoms with Crippen LogP contribution in [0.3, 0.4) is 0 Å². The van der Waals surface area contributed by atoms with Crippen molar-refractivity contribution in [2.75, 3.05) is 18.5 Å². The average Bonchev–Trinajstić information content (AvgIpc) is 3.46. The highest BCUT2D eigenvalue weighted by Crippen LogP contribution is 2.51. The Bertz CT molecular complexity index is 1270. The summed E-state index contributed by atoms with van der Waals surface area (Å²) in [7, 11) is 0. The molecule has 1 N–H and O–H groups in total. The minimum absolute atomic E-state index is 0.0185. The van der Waals surface area contributed by atoms with Crippen molar-refractivity contribution in [3.63, 3.8) is 0 Å². The van der Waals surface area contributed by atoms with E-state index >= 15 is 0 Å². The maximum absolute atomic E-state index is 14.9. The van der Waals surface area contributed by atoms with Crippen molar-refractivity contribution >= 4 is 16.9 Å². The van der Waals surface area contributed by atoms with Crippen LogP contribution in [-0.4, -0.2) is 34.3 Å². The van der Waals surface area contributed by atoms with Crippen LogP contribution in [0.1, 0.15) is 62.0 Å². The molecule has 1 aliphatic carbocycles. The van der Waals surface area contributed by atoms with E-state index in [-0.39, 0.29) is 11.7 Å². The van der Waals surface area contributed by atoms with Crippen LogP contribution in [0.25, 0.3) is 11.0 Å². The third-order valence-corrected chi connectivity index (χ3v) is 6.54. The van der Waals surface area contributed by atoms with Gasteiger partial charge in [0.05, 0.1) is 36.1 Å². The van der Waals surface area contributed by atoms with Gasteiger partial charge in [-0.2, -0.15) is 10.2 Å². The molecule has 1 aliphatic heterocycles. The second kappa shape index (κ2) is 8.76. The molecule has 0 amide bonds. The van der Waals surface area contributed by atoms with Gasteiger partial charge in [-0.05, 0) is 32.8 Å². The molecule has 34 heavy (non-hydrogen) atoms. The van der Waals surface area contributed by atoms with Gasteiger partial charge in [-0.15, -0.1) is 0 Å². The lowest BCUT2D eigenvalue weighted by atomic mass is 9.97. The number of nitrogens with zero attached hydrogens (tertiary/aromatic N) is 4. The van der Waals surface area contributed by atoms with E-state index in [4.69, 9.17) is 9.47 Å². The number of anilines is 1. The number of nitriles is 1. The van der Waals surface area contributed by atoms with Crippen LogP contribution in [-0.2, 0) is 10.2 Å². The molecule has 2 aromatic heterocycles. The summed E-state index contributed by atoms with van der Waals surface area (Å²) < 4.78 is 40.3. The normalized spacial score (nSPS) is 20.5. The zero-order valence-corrected chi connectivity index (χ0v) is 19.0. The Morgan fingerprint density at radius 3 is 2.74 bits per heavy atom. The Hall–Kier alpha value is -3.38. The summed E-state index contributed by atoms with van der Waals surface area (Å²) in [5.74, 6) is 0.273. The third-order valence-electron chi connectivity index (χ3n) is 6.54. The molecule has 3 atom stereocenters. The Kier molecular flexibility index (Phi) is 5.78. The second-order valence-electron chi connectivity index (χ2n) is 8.96. The van der Waals surface area contributed by atoms with Crippen molar-refractivity contribution in [1.29, 1.82) is 5.26 Å². The molecule has 3 heterocycles. The number of pyridine rings is 1. The summed E-state index contributed by atoms with van der Waals surface area (Å²) in [6, 6.07) is 8.47. The standard InChI is InChI=1S/C25H25F2N5O2/c1-14(26)17-4-3-5-18(21(17)27)15(2)31-22-19-10-20(25(12-28)7-8-25)24(32-23(19)30-13-29-22)34-16-6-9-33-11-16/h3-5,10,13-16H,6-9,11H2,1-2H3,(H,29,30,31,32)/t14?,15-,16-/m1/s1. The van der Waals surface area contributed by atoms with E-state index < -0.39 is 23.4 Å². The van der Waals surface area contributed by atoms with E-state index in [1.165, 1.54) is 19.3 Å². The van der Waals surface area contributed by atoms with E-state index in [1.54, 1.807) is 19.1 Å². The van der Waals surface area contributed by atoms with Crippen molar-refractivity contribution < 1.29 is 18.3 Å². The molecular formula is C25H25F2N5O2. The van der Waals surface area contributed by atoms with Crippen molar-refractivity contribution in [1.82, 2.24) is 15.0 Å². The molecule has 0 bridgehead atoms. The first-order valence-electron chi connectivity index (χ1n) is 11.4. The summed E-state index contributed by atoms with van der Waals surface area (Å²) in [4.78, 5) is 13.3. The van der Waals surface area contributed by atoms with Gasteiger partial charge in [-0.1, -0.05) is 18.2 Å². The zero-order chi connectivity index (χ0) is 23.9. The predicted octanol–water partition coefficient (Wildman–Crippen LogP) is 5.09. The number of aromatic nitrogens is 3. The first kappa shape index (κ1) is 22.4. The lowest BCUT2D eigenvalue weighted by molar-refractivity contribution is 0.137. The average molecular weight is 466 g/mol. The molecule has 5 rings (SSSR count). The lowest BCUT2D eigenvalue weighted by Gasteiger charge is -2.20. The number of benzene rings is 1. The van der Waals surface area contributed by atoms with E-state index in [0.29, 0.717) is 47.1 Å². The van der Waals surface area contributed by atoms with Gasteiger partial charge >= 0.3 is 0 Å². The van der Waals surface area contributed by atoms with Crippen LogP contribution in [0.5, 0.6) is 5.88 Å². The fraction of sp³-hybridized carbons (Fsp3) is 0.440. The van der Waals surface area contributed by atoms with Gasteiger partial charge in [-0.3, -0.25) is 0 Å². The van der Waals surface area contributed by atoms with Gasteiger partial charge in [0.2, 0.25) is 5.88 Å². The Balaban J connectivity index is 1.53. The number of fused-ring (bicyclic) bond motifs is 1. The number of hydrogen-bond acceptors (Lipinski definition) is 7. The molecule has 1 unspecified atom stereocenters. The molecule has 2 aliphatic rings. The minimum Gasteiger partial charge on any atom is -0.472 e. The highest BCUT2D eigenvalue weighted by molar-refractivity contribution is 5.88. The van der Waals surface area contributed by atoms with Gasteiger partial charge in [0.1, 0.15) is 30.2 Å². The van der Waals surface area contributed by atoms with Gasteiger partial charge in [0.15, 0.2) is 5.65 Å². The van der Waals surface area contributed by atoms with Crippen molar-refractivity contribution in [2.24, 2.45) is 0 Å². The molecular weight excluding hydrogens is 440 g/mol. The Morgan fingerprint density at radius 1 is 1.26 bits per heavy atom. The van der Waals surface area contributed by atoms with Crippen LogP contribution < -0.4 is 10.1 Å². The van der Waals surface area contributed by atoms with Crippen LogP contribution in [0.2, 0.25) is 0 Å². The van der Waals surface area contributed by atoms with Crippen LogP contribution in [0.4, 0.5) is 14.6 Å². The number of alkyl halides is 1.